The standard InChI is InChI=1S/C36H57N7O6/c1-10-15-43(32(49)37-20-11-12-20)40-27(44)25-24-22(35(24,8)9)17-41(25)29(46)26(34(5,6)7)39-31(48)38-23(33(2,3)4)18-42-28(45)21-16-19-13-14-36(19,21)30(42)47/h19-26H,10-18H2,1-9H3,(H,37,49)(H,40,44)(H2,38,39,48)/t19?,21?,22-,23+,24-,25-,26+,36?/m0/s1. The van der Waals surface area contributed by atoms with Gasteiger partial charge in [-0.25, -0.2) is 14.6 Å². The SMILES string of the molecule is CCCN(NC(=O)[C@@H]1[C@@H]2[C@H](CN1C(=O)[C@@H](NC(=O)N[C@H](CN1C(=O)C3CC4CCC43C1=O)C(C)(C)C)C(C)(C)C)C2(C)C)C(=O)NC1CC1. The summed E-state index contributed by atoms with van der Waals surface area (Å²) in [6.45, 7) is 18.3. The summed E-state index contributed by atoms with van der Waals surface area (Å²) in [5.41, 5.74) is 0.943. The second-order valence-corrected chi connectivity index (χ2v) is 18.4. The van der Waals surface area contributed by atoms with Gasteiger partial charge in [-0.1, -0.05) is 62.3 Å². The zero-order chi connectivity index (χ0) is 36.0. The summed E-state index contributed by atoms with van der Waals surface area (Å²) >= 11 is 0. The van der Waals surface area contributed by atoms with E-state index in [9.17, 15) is 28.8 Å². The van der Waals surface area contributed by atoms with E-state index in [1.165, 1.54) is 9.91 Å². The fourth-order valence-corrected chi connectivity index (χ4v) is 9.03. The third-order valence-corrected chi connectivity index (χ3v) is 12.7. The Balaban J connectivity index is 1.16. The fourth-order valence-electron chi connectivity index (χ4n) is 9.03. The van der Waals surface area contributed by atoms with E-state index in [-0.39, 0.29) is 59.5 Å². The number of fused-ring (bicyclic) bond motifs is 1. The van der Waals surface area contributed by atoms with Gasteiger partial charge >= 0.3 is 12.1 Å². The van der Waals surface area contributed by atoms with E-state index in [0.29, 0.717) is 25.4 Å². The molecule has 13 nitrogen and oxygen atoms in total. The molecule has 0 aromatic rings. The highest BCUT2D eigenvalue weighted by atomic mass is 16.2. The molecule has 0 aromatic heterocycles. The number of rotatable bonds is 9. The molecule has 2 aliphatic heterocycles. The maximum absolute atomic E-state index is 14.4. The molecule has 6 aliphatic rings. The number of amides is 8. The third kappa shape index (κ3) is 5.96. The summed E-state index contributed by atoms with van der Waals surface area (Å²) < 4.78 is 0. The van der Waals surface area contributed by atoms with Crippen molar-refractivity contribution < 1.29 is 28.8 Å². The van der Waals surface area contributed by atoms with Crippen LogP contribution in [-0.2, 0) is 19.2 Å². The van der Waals surface area contributed by atoms with Crippen LogP contribution in [-0.4, -0.2) is 94.3 Å². The van der Waals surface area contributed by atoms with Crippen molar-refractivity contribution >= 4 is 35.7 Å². The molecule has 4 N–H and O–H groups in total. The van der Waals surface area contributed by atoms with Crippen LogP contribution in [0.2, 0.25) is 0 Å². The van der Waals surface area contributed by atoms with E-state index in [4.69, 9.17) is 0 Å². The number of hydrogen-bond acceptors (Lipinski definition) is 6. The van der Waals surface area contributed by atoms with Gasteiger partial charge in [-0.2, -0.15) is 0 Å². The molecular weight excluding hydrogens is 626 g/mol. The first-order valence-electron chi connectivity index (χ1n) is 18.3. The zero-order valence-corrected chi connectivity index (χ0v) is 30.8. The van der Waals surface area contributed by atoms with E-state index < -0.39 is 46.3 Å². The van der Waals surface area contributed by atoms with Gasteiger partial charge in [0.15, 0.2) is 0 Å². The summed E-state index contributed by atoms with van der Waals surface area (Å²) in [6, 6.07) is -3.13. The molecule has 2 saturated heterocycles. The molecule has 13 heteroatoms. The van der Waals surface area contributed by atoms with Crippen LogP contribution in [0.4, 0.5) is 9.59 Å². The number of urea groups is 2. The number of nitrogens with zero attached hydrogens (tertiary/aromatic N) is 3. The summed E-state index contributed by atoms with van der Waals surface area (Å²) in [7, 11) is 0. The van der Waals surface area contributed by atoms with Gasteiger partial charge in [0.1, 0.15) is 12.1 Å². The van der Waals surface area contributed by atoms with Crippen LogP contribution < -0.4 is 21.4 Å². The molecule has 1 spiro atoms. The fraction of sp³-hybridized carbons (Fsp3) is 0.833. The minimum absolute atomic E-state index is 0.0725. The molecule has 49 heavy (non-hydrogen) atoms. The lowest BCUT2D eigenvalue weighted by Gasteiger charge is -2.57. The first kappa shape index (κ1) is 35.4. The average molecular weight is 684 g/mol. The van der Waals surface area contributed by atoms with Crippen LogP contribution in [0, 0.1) is 45.3 Å². The summed E-state index contributed by atoms with van der Waals surface area (Å²) in [6.07, 6.45) is 4.99. The van der Waals surface area contributed by atoms with Crippen molar-refractivity contribution in [1.82, 2.24) is 36.2 Å². The summed E-state index contributed by atoms with van der Waals surface area (Å²) in [5.74, 6) is -0.908. The van der Waals surface area contributed by atoms with Gasteiger partial charge in [-0.15, -0.1) is 0 Å². The van der Waals surface area contributed by atoms with Crippen LogP contribution in [0.5, 0.6) is 0 Å². The van der Waals surface area contributed by atoms with Crippen molar-refractivity contribution in [2.24, 2.45) is 45.3 Å². The highest BCUT2D eigenvalue weighted by molar-refractivity contribution is 6.09. The Morgan fingerprint density at radius 2 is 1.65 bits per heavy atom. The van der Waals surface area contributed by atoms with E-state index >= 15 is 0 Å². The van der Waals surface area contributed by atoms with E-state index in [1.54, 1.807) is 4.90 Å². The molecule has 0 aromatic carbocycles. The molecule has 272 valence electrons. The maximum atomic E-state index is 14.4. The van der Waals surface area contributed by atoms with E-state index in [1.807, 2.05) is 48.5 Å². The predicted octanol–water partition coefficient (Wildman–Crippen LogP) is 3.00. The highest BCUT2D eigenvalue weighted by Crippen LogP contribution is 2.68. The highest BCUT2D eigenvalue weighted by Gasteiger charge is 2.74. The minimum Gasteiger partial charge on any atom is -0.334 e. The lowest BCUT2D eigenvalue weighted by atomic mass is 9.43. The molecule has 2 heterocycles. The molecule has 0 bridgehead atoms. The quantitative estimate of drug-likeness (QED) is 0.216. The minimum atomic E-state index is -0.977. The van der Waals surface area contributed by atoms with Gasteiger partial charge in [-0.05, 0) is 72.5 Å². The largest absolute Gasteiger partial charge is 0.336 e. The Bertz CT molecular complexity index is 1430. The van der Waals surface area contributed by atoms with Crippen molar-refractivity contribution in [3.8, 4) is 0 Å². The van der Waals surface area contributed by atoms with Crippen molar-refractivity contribution in [2.45, 2.75) is 125 Å². The molecule has 4 aliphatic carbocycles. The van der Waals surface area contributed by atoms with Crippen molar-refractivity contribution in [1.29, 1.82) is 0 Å². The normalized spacial score (nSPS) is 32.1. The Morgan fingerprint density at radius 3 is 2.16 bits per heavy atom. The predicted molar refractivity (Wildman–Crippen MR) is 181 cm³/mol. The van der Waals surface area contributed by atoms with Crippen molar-refractivity contribution in [2.75, 3.05) is 19.6 Å². The Hall–Kier alpha value is -3.38. The molecule has 3 unspecified atom stereocenters. The van der Waals surface area contributed by atoms with Crippen LogP contribution in [0.15, 0.2) is 0 Å². The van der Waals surface area contributed by atoms with Crippen LogP contribution >= 0.6 is 0 Å². The lowest BCUT2D eigenvalue weighted by molar-refractivity contribution is -0.166. The van der Waals surface area contributed by atoms with Gasteiger partial charge in [0.05, 0.1) is 17.4 Å². The monoisotopic (exact) mass is 683 g/mol. The Labute approximate surface area is 290 Å². The van der Waals surface area contributed by atoms with Gasteiger partial charge in [0.2, 0.25) is 17.7 Å². The van der Waals surface area contributed by atoms with E-state index in [2.05, 4.69) is 35.2 Å². The molecule has 6 rings (SSSR count). The van der Waals surface area contributed by atoms with Crippen LogP contribution in [0.25, 0.3) is 0 Å². The van der Waals surface area contributed by atoms with Crippen LogP contribution in [0.1, 0.15) is 101 Å². The van der Waals surface area contributed by atoms with Crippen molar-refractivity contribution in [3.63, 3.8) is 0 Å². The molecule has 4 saturated carbocycles. The topological polar surface area (TPSA) is 160 Å². The molecule has 8 amide bonds. The molecular formula is C36H57N7O6. The second-order valence-electron chi connectivity index (χ2n) is 18.4. The Morgan fingerprint density at radius 1 is 0.980 bits per heavy atom. The molecule has 0 radical (unpaired) electrons. The second kappa shape index (κ2) is 11.9. The number of imide groups is 1. The zero-order valence-electron chi connectivity index (χ0n) is 30.8. The number of carbonyl (C=O) groups excluding carboxylic acids is 6. The summed E-state index contributed by atoms with van der Waals surface area (Å²) in [5, 5.41) is 10.2. The van der Waals surface area contributed by atoms with E-state index in [0.717, 1.165) is 32.1 Å². The third-order valence-electron chi connectivity index (χ3n) is 12.7. The number of hydrogen-bond donors (Lipinski definition) is 4. The number of carbonyl (C=O) groups is 6. The van der Waals surface area contributed by atoms with Gasteiger partial charge in [0.25, 0.3) is 5.91 Å². The van der Waals surface area contributed by atoms with Gasteiger partial charge in [0, 0.05) is 25.7 Å². The number of piperidine rings is 1. The smallest absolute Gasteiger partial charge is 0.334 e. The average Bonchev–Trinajstić information content (AvgIpc) is 3.81. The Kier molecular flexibility index (Phi) is 8.58. The first-order valence-corrected chi connectivity index (χ1v) is 18.3. The molecule has 8 atom stereocenters. The number of hydrazine groups is 1. The maximum Gasteiger partial charge on any atom is 0.336 e. The number of nitrogens with one attached hydrogen (secondary N) is 4. The first-order chi connectivity index (χ1) is 22.7. The van der Waals surface area contributed by atoms with Crippen molar-refractivity contribution in [3.05, 3.63) is 0 Å². The van der Waals surface area contributed by atoms with Crippen LogP contribution in [0.3, 0.4) is 0 Å². The van der Waals surface area contributed by atoms with Gasteiger partial charge in [-0.3, -0.25) is 29.5 Å². The number of likely N-dealkylation sites (tertiary alicyclic amines) is 2. The summed E-state index contributed by atoms with van der Waals surface area (Å²) in [4.78, 5) is 84.8. The molecule has 6 fully saturated rings. The van der Waals surface area contributed by atoms with Gasteiger partial charge < -0.3 is 20.9 Å². The lowest BCUT2D eigenvalue weighted by Crippen LogP contribution is -2.63.